The monoisotopic (exact) mass is 255 g/mol. The fourth-order valence-electron chi connectivity index (χ4n) is 1.47. The van der Waals surface area contributed by atoms with Crippen molar-refractivity contribution in [1.82, 2.24) is 4.98 Å². The largest absolute Gasteiger partial charge is 0.261 e. The van der Waals surface area contributed by atoms with Crippen LogP contribution in [-0.2, 0) is 6.42 Å². The van der Waals surface area contributed by atoms with Crippen LogP contribution in [0.4, 0.5) is 0 Å². The van der Waals surface area contributed by atoms with Crippen LogP contribution in [0.1, 0.15) is 37.4 Å². The maximum atomic E-state index is 4.40. The van der Waals surface area contributed by atoms with Crippen LogP contribution in [0.3, 0.4) is 0 Å². The van der Waals surface area contributed by atoms with Crippen LogP contribution >= 0.6 is 15.9 Å². The number of hydrogen-bond acceptors (Lipinski definition) is 1. The molecule has 1 atom stereocenters. The molecular formula is C12H18BrN. The number of aromatic nitrogens is 1. The summed E-state index contributed by atoms with van der Waals surface area (Å²) in [5.74, 6) is 0. The van der Waals surface area contributed by atoms with Crippen molar-refractivity contribution in [2.24, 2.45) is 0 Å². The van der Waals surface area contributed by atoms with E-state index < -0.39 is 0 Å². The SMILES string of the molecule is CCCCC(Br)Cc1ncccc1C. The van der Waals surface area contributed by atoms with Gasteiger partial charge in [0.15, 0.2) is 0 Å². The molecule has 1 unspecified atom stereocenters. The number of alkyl halides is 1. The molecule has 1 heterocycles. The summed E-state index contributed by atoms with van der Waals surface area (Å²) in [7, 11) is 0. The Bertz CT molecular complexity index is 273. The lowest BCUT2D eigenvalue weighted by molar-refractivity contribution is 0.680. The van der Waals surface area contributed by atoms with E-state index in [1.54, 1.807) is 0 Å². The normalized spacial score (nSPS) is 12.8. The molecule has 0 saturated heterocycles. The molecule has 0 aliphatic rings. The van der Waals surface area contributed by atoms with E-state index in [9.17, 15) is 0 Å². The van der Waals surface area contributed by atoms with E-state index in [1.165, 1.54) is 30.5 Å². The minimum atomic E-state index is 0.580. The van der Waals surface area contributed by atoms with Crippen LogP contribution in [0.5, 0.6) is 0 Å². The summed E-state index contributed by atoms with van der Waals surface area (Å²) < 4.78 is 0. The Hall–Kier alpha value is -0.370. The zero-order valence-corrected chi connectivity index (χ0v) is 10.5. The topological polar surface area (TPSA) is 12.9 Å². The third-order valence-corrected chi connectivity index (χ3v) is 3.19. The third kappa shape index (κ3) is 3.79. The molecule has 1 aromatic heterocycles. The molecule has 0 N–H and O–H groups in total. The van der Waals surface area contributed by atoms with Crippen molar-refractivity contribution in [2.45, 2.75) is 44.4 Å². The molecule has 0 aliphatic carbocycles. The molecule has 0 radical (unpaired) electrons. The van der Waals surface area contributed by atoms with Gasteiger partial charge in [-0.25, -0.2) is 0 Å². The Morgan fingerprint density at radius 1 is 1.50 bits per heavy atom. The highest BCUT2D eigenvalue weighted by atomic mass is 79.9. The van der Waals surface area contributed by atoms with Crippen molar-refractivity contribution in [3.05, 3.63) is 29.6 Å². The molecule has 0 aliphatic heterocycles. The molecule has 1 nitrogen and oxygen atoms in total. The van der Waals surface area contributed by atoms with Gasteiger partial charge in [0.05, 0.1) is 0 Å². The van der Waals surface area contributed by atoms with Gasteiger partial charge in [0.25, 0.3) is 0 Å². The second-order valence-corrected chi connectivity index (χ2v) is 5.01. The molecule has 1 aromatic rings. The molecule has 2 heteroatoms. The molecule has 78 valence electrons. The molecule has 0 aromatic carbocycles. The van der Waals surface area contributed by atoms with Crippen LogP contribution in [-0.4, -0.2) is 9.81 Å². The first-order valence-electron chi connectivity index (χ1n) is 5.28. The van der Waals surface area contributed by atoms with E-state index >= 15 is 0 Å². The van der Waals surface area contributed by atoms with Gasteiger partial charge in [-0.1, -0.05) is 41.8 Å². The average Bonchev–Trinajstić information content (AvgIpc) is 2.18. The first-order chi connectivity index (χ1) is 6.74. The summed E-state index contributed by atoms with van der Waals surface area (Å²) in [6, 6.07) is 4.12. The highest BCUT2D eigenvalue weighted by Crippen LogP contribution is 2.16. The lowest BCUT2D eigenvalue weighted by Gasteiger charge is -2.09. The summed E-state index contributed by atoms with van der Waals surface area (Å²) in [5, 5.41) is 0. The van der Waals surface area contributed by atoms with Gasteiger partial charge in [0.2, 0.25) is 0 Å². The summed E-state index contributed by atoms with van der Waals surface area (Å²) in [6.45, 7) is 4.35. The Morgan fingerprint density at radius 3 is 2.93 bits per heavy atom. The molecule has 0 bridgehead atoms. The van der Waals surface area contributed by atoms with Crippen LogP contribution < -0.4 is 0 Å². The van der Waals surface area contributed by atoms with Gasteiger partial charge >= 0.3 is 0 Å². The molecular weight excluding hydrogens is 238 g/mol. The lowest BCUT2D eigenvalue weighted by atomic mass is 10.1. The van der Waals surface area contributed by atoms with Gasteiger partial charge in [-0.2, -0.15) is 0 Å². The van der Waals surface area contributed by atoms with Crippen LogP contribution in [0.25, 0.3) is 0 Å². The number of aryl methyl sites for hydroxylation is 1. The summed E-state index contributed by atoms with van der Waals surface area (Å²) in [5.41, 5.74) is 2.53. The molecule has 0 saturated carbocycles. The van der Waals surface area contributed by atoms with E-state index in [2.05, 4.69) is 40.8 Å². The first kappa shape index (κ1) is 11.7. The second-order valence-electron chi connectivity index (χ2n) is 3.71. The maximum Gasteiger partial charge on any atom is 0.0443 e. The fraction of sp³-hybridized carbons (Fsp3) is 0.583. The number of pyridine rings is 1. The predicted octanol–water partition coefficient (Wildman–Crippen LogP) is 3.89. The number of nitrogens with zero attached hydrogens (tertiary/aromatic N) is 1. The highest BCUT2D eigenvalue weighted by Gasteiger charge is 2.07. The third-order valence-electron chi connectivity index (χ3n) is 2.40. The molecule has 1 rings (SSSR count). The molecule has 0 fully saturated rings. The lowest BCUT2D eigenvalue weighted by Crippen LogP contribution is -2.05. The first-order valence-corrected chi connectivity index (χ1v) is 6.20. The van der Waals surface area contributed by atoms with Crippen molar-refractivity contribution in [3.8, 4) is 0 Å². The van der Waals surface area contributed by atoms with E-state index in [-0.39, 0.29) is 0 Å². The Morgan fingerprint density at radius 2 is 2.29 bits per heavy atom. The zero-order chi connectivity index (χ0) is 10.4. The van der Waals surface area contributed by atoms with Crippen LogP contribution in [0.15, 0.2) is 18.3 Å². The van der Waals surface area contributed by atoms with Crippen molar-refractivity contribution in [1.29, 1.82) is 0 Å². The predicted molar refractivity (Wildman–Crippen MR) is 64.9 cm³/mol. The van der Waals surface area contributed by atoms with E-state index in [0.717, 1.165) is 6.42 Å². The summed E-state index contributed by atoms with van der Waals surface area (Å²) in [6.07, 6.45) is 6.73. The zero-order valence-electron chi connectivity index (χ0n) is 8.96. The smallest absolute Gasteiger partial charge is 0.0443 e. The number of halogens is 1. The Balaban J connectivity index is 2.47. The highest BCUT2D eigenvalue weighted by molar-refractivity contribution is 9.09. The van der Waals surface area contributed by atoms with Gasteiger partial charge in [0.1, 0.15) is 0 Å². The fourth-order valence-corrected chi connectivity index (χ4v) is 2.10. The molecule has 0 amide bonds. The van der Waals surface area contributed by atoms with Gasteiger partial charge in [0, 0.05) is 23.1 Å². The number of hydrogen-bond donors (Lipinski definition) is 0. The van der Waals surface area contributed by atoms with Crippen molar-refractivity contribution in [2.75, 3.05) is 0 Å². The van der Waals surface area contributed by atoms with Crippen LogP contribution in [0, 0.1) is 6.92 Å². The number of unbranched alkanes of at least 4 members (excludes halogenated alkanes) is 1. The minimum absolute atomic E-state index is 0.580. The van der Waals surface area contributed by atoms with E-state index in [4.69, 9.17) is 0 Å². The van der Waals surface area contributed by atoms with E-state index in [0.29, 0.717) is 4.83 Å². The maximum absolute atomic E-state index is 4.40. The summed E-state index contributed by atoms with van der Waals surface area (Å²) >= 11 is 3.71. The number of rotatable bonds is 5. The van der Waals surface area contributed by atoms with E-state index in [1.807, 2.05) is 12.3 Å². The van der Waals surface area contributed by atoms with Crippen molar-refractivity contribution in [3.63, 3.8) is 0 Å². The van der Waals surface area contributed by atoms with Gasteiger partial charge in [-0.15, -0.1) is 0 Å². The second kappa shape index (κ2) is 6.18. The van der Waals surface area contributed by atoms with Crippen molar-refractivity contribution >= 4 is 15.9 Å². The quantitative estimate of drug-likeness (QED) is 0.728. The summed E-state index contributed by atoms with van der Waals surface area (Å²) in [4.78, 5) is 4.98. The van der Waals surface area contributed by atoms with Gasteiger partial charge in [-0.3, -0.25) is 4.98 Å². The standard InChI is InChI=1S/C12H18BrN/c1-3-4-7-11(13)9-12-10(2)6-5-8-14-12/h5-6,8,11H,3-4,7,9H2,1-2H3. The molecule has 0 spiro atoms. The Kier molecular flexibility index (Phi) is 5.16. The minimum Gasteiger partial charge on any atom is -0.261 e. The Labute approximate surface area is 95.1 Å². The molecule has 14 heavy (non-hydrogen) atoms. The average molecular weight is 256 g/mol. The van der Waals surface area contributed by atoms with Gasteiger partial charge < -0.3 is 0 Å². The van der Waals surface area contributed by atoms with Gasteiger partial charge in [-0.05, 0) is 25.0 Å². The van der Waals surface area contributed by atoms with Crippen molar-refractivity contribution < 1.29 is 0 Å². The van der Waals surface area contributed by atoms with Crippen LogP contribution in [0.2, 0.25) is 0 Å².